The predicted molar refractivity (Wildman–Crippen MR) is 35.4 cm³/mol. The average Bonchev–Trinajstić information content (AvgIpc) is 1.99. The monoisotopic (exact) mass is 150 g/mol. The molecule has 10 heavy (non-hydrogen) atoms. The van der Waals surface area contributed by atoms with Crippen LogP contribution >= 0.6 is 0 Å². The van der Waals surface area contributed by atoms with E-state index in [1.165, 1.54) is 0 Å². The fourth-order valence-corrected chi connectivity index (χ4v) is 0.567. The molecule has 2 atom stereocenters. The number of hydrogen-bond acceptors (Lipinski definition) is 4. The summed E-state index contributed by atoms with van der Waals surface area (Å²) in [4.78, 5) is 0. The Bertz CT molecular complexity index is 66.1. The van der Waals surface area contributed by atoms with Crippen molar-refractivity contribution in [1.29, 1.82) is 0 Å². The van der Waals surface area contributed by atoms with Crippen LogP contribution in [0.5, 0.6) is 0 Å². The van der Waals surface area contributed by atoms with Crippen LogP contribution in [0, 0.1) is 0 Å². The highest BCUT2D eigenvalue weighted by Gasteiger charge is 2.06. The highest BCUT2D eigenvalue weighted by atomic mass is 16.3. The fraction of sp³-hybridized carbons (Fsp3) is 1.00. The molecule has 0 saturated carbocycles. The molecule has 0 fully saturated rings. The summed E-state index contributed by atoms with van der Waals surface area (Å²) < 4.78 is 0. The van der Waals surface area contributed by atoms with Gasteiger partial charge in [0, 0.05) is 0 Å². The molecule has 0 heterocycles. The van der Waals surface area contributed by atoms with E-state index in [0.717, 1.165) is 0 Å². The van der Waals surface area contributed by atoms with E-state index < -0.39 is 12.2 Å². The molecule has 0 amide bonds. The highest BCUT2D eigenvalue weighted by molar-refractivity contribution is 4.58. The molecule has 2 unspecified atom stereocenters. The van der Waals surface area contributed by atoms with Gasteiger partial charge in [0.1, 0.15) is 0 Å². The van der Waals surface area contributed by atoms with Crippen molar-refractivity contribution in [2.45, 2.75) is 25.0 Å². The van der Waals surface area contributed by atoms with Gasteiger partial charge in [0.05, 0.1) is 25.4 Å². The van der Waals surface area contributed by atoms with Gasteiger partial charge in [-0.15, -0.1) is 0 Å². The largest absolute Gasteiger partial charge is 0.394 e. The first-order chi connectivity index (χ1) is 4.70. The minimum Gasteiger partial charge on any atom is -0.394 e. The fourth-order valence-electron chi connectivity index (χ4n) is 0.567. The van der Waals surface area contributed by atoms with Crippen molar-refractivity contribution in [1.82, 2.24) is 0 Å². The first-order valence-electron chi connectivity index (χ1n) is 3.28. The molecule has 0 aromatic carbocycles. The van der Waals surface area contributed by atoms with E-state index in [2.05, 4.69) is 0 Å². The maximum absolute atomic E-state index is 8.76. The van der Waals surface area contributed by atoms with E-state index in [-0.39, 0.29) is 13.2 Å². The maximum Gasteiger partial charge on any atom is 0.0771 e. The van der Waals surface area contributed by atoms with Crippen LogP contribution in [-0.2, 0) is 0 Å². The van der Waals surface area contributed by atoms with Crippen molar-refractivity contribution in [3.8, 4) is 0 Å². The van der Waals surface area contributed by atoms with Gasteiger partial charge in [-0.3, -0.25) is 0 Å². The van der Waals surface area contributed by atoms with Gasteiger partial charge in [-0.25, -0.2) is 0 Å². The Kier molecular flexibility index (Phi) is 5.52. The van der Waals surface area contributed by atoms with Gasteiger partial charge in [-0.1, -0.05) is 0 Å². The summed E-state index contributed by atoms with van der Waals surface area (Å²) in [6.45, 7) is -0.587. The second kappa shape index (κ2) is 5.61. The summed E-state index contributed by atoms with van der Waals surface area (Å²) in [5.74, 6) is 0. The minimum absolute atomic E-state index is 0.294. The summed E-state index contributed by atoms with van der Waals surface area (Å²) >= 11 is 0. The lowest BCUT2D eigenvalue weighted by atomic mass is 10.1. The minimum atomic E-state index is -0.777. The van der Waals surface area contributed by atoms with Crippen molar-refractivity contribution in [3.63, 3.8) is 0 Å². The lowest BCUT2D eigenvalue weighted by Crippen LogP contribution is -2.18. The van der Waals surface area contributed by atoms with Crippen LogP contribution in [-0.4, -0.2) is 45.8 Å². The van der Waals surface area contributed by atoms with Gasteiger partial charge in [-0.2, -0.15) is 0 Å². The molecule has 0 radical (unpaired) electrons. The van der Waals surface area contributed by atoms with E-state index in [1.54, 1.807) is 0 Å². The Morgan fingerprint density at radius 2 is 1.10 bits per heavy atom. The average molecular weight is 150 g/mol. The molecule has 0 aromatic heterocycles. The Morgan fingerprint density at radius 1 is 0.800 bits per heavy atom. The van der Waals surface area contributed by atoms with E-state index in [4.69, 9.17) is 20.4 Å². The Balaban J connectivity index is 3.17. The van der Waals surface area contributed by atoms with Gasteiger partial charge in [-0.05, 0) is 12.8 Å². The van der Waals surface area contributed by atoms with Gasteiger partial charge in [0.25, 0.3) is 0 Å². The maximum atomic E-state index is 8.76. The molecule has 0 bridgehead atoms. The second-order valence-corrected chi connectivity index (χ2v) is 2.25. The number of aliphatic hydroxyl groups excluding tert-OH is 4. The lowest BCUT2D eigenvalue weighted by Gasteiger charge is -2.09. The third-order valence-corrected chi connectivity index (χ3v) is 1.25. The van der Waals surface area contributed by atoms with Crippen LogP contribution in [0.1, 0.15) is 12.8 Å². The van der Waals surface area contributed by atoms with Crippen molar-refractivity contribution < 1.29 is 20.4 Å². The number of aliphatic hydroxyl groups is 4. The van der Waals surface area contributed by atoms with Crippen molar-refractivity contribution in [2.24, 2.45) is 0 Å². The molecule has 0 spiro atoms. The molecular formula is C6H14O4. The summed E-state index contributed by atoms with van der Waals surface area (Å²) in [5, 5.41) is 34.2. The number of rotatable bonds is 5. The molecule has 0 saturated heterocycles. The zero-order valence-electron chi connectivity index (χ0n) is 5.77. The zero-order chi connectivity index (χ0) is 7.98. The van der Waals surface area contributed by atoms with Crippen LogP contribution in [0.25, 0.3) is 0 Å². The topological polar surface area (TPSA) is 80.9 Å². The molecule has 4 nitrogen and oxygen atoms in total. The molecule has 0 aromatic rings. The molecule has 0 aliphatic rings. The molecule has 62 valence electrons. The molecular weight excluding hydrogens is 136 g/mol. The van der Waals surface area contributed by atoms with Gasteiger partial charge in [0.2, 0.25) is 0 Å². The van der Waals surface area contributed by atoms with Gasteiger partial charge in [0.15, 0.2) is 0 Å². The van der Waals surface area contributed by atoms with Crippen LogP contribution in [0.3, 0.4) is 0 Å². The van der Waals surface area contributed by atoms with E-state index in [0.29, 0.717) is 12.8 Å². The predicted octanol–water partition coefficient (Wildman–Crippen LogP) is -1.53. The Labute approximate surface area is 59.7 Å². The normalized spacial score (nSPS) is 16.8. The lowest BCUT2D eigenvalue weighted by molar-refractivity contribution is 0.0487. The first-order valence-corrected chi connectivity index (χ1v) is 3.28. The van der Waals surface area contributed by atoms with Crippen LogP contribution in [0.2, 0.25) is 0 Å². The molecule has 0 rings (SSSR count). The zero-order valence-corrected chi connectivity index (χ0v) is 5.77. The van der Waals surface area contributed by atoms with Gasteiger partial charge < -0.3 is 20.4 Å². The Morgan fingerprint density at radius 3 is 1.30 bits per heavy atom. The van der Waals surface area contributed by atoms with Crippen molar-refractivity contribution in [2.75, 3.05) is 13.2 Å². The molecule has 0 aliphatic carbocycles. The van der Waals surface area contributed by atoms with Crippen molar-refractivity contribution in [3.05, 3.63) is 0 Å². The van der Waals surface area contributed by atoms with Crippen LogP contribution < -0.4 is 0 Å². The first kappa shape index (κ1) is 9.84. The third kappa shape index (κ3) is 4.69. The standard InChI is InChI=1S/C6H14O4/c7-3-5(9)1-2-6(10)4-8/h5-10H,1-4H2. The quantitative estimate of drug-likeness (QED) is 0.383. The van der Waals surface area contributed by atoms with Crippen LogP contribution in [0.15, 0.2) is 0 Å². The smallest absolute Gasteiger partial charge is 0.0771 e. The molecule has 4 heteroatoms. The Hall–Kier alpha value is -0.160. The summed E-state index contributed by atoms with van der Waals surface area (Å²) in [7, 11) is 0. The molecule has 4 N–H and O–H groups in total. The van der Waals surface area contributed by atoms with Crippen LogP contribution in [0.4, 0.5) is 0 Å². The SMILES string of the molecule is OCC(O)CCC(O)CO. The summed E-state index contributed by atoms with van der Waals surface area (Å²) in [6, 6.07) is 0. The summed E-state index contributed by atoms with van der Waals surface area (Å²) in [5.41, 5.74) is 0. The van der Waals surface area contributed by atoms with E-state index in [1.807, 2.05) is 0 Å². The van der Waals surface area contributed by atoms with Gasteiger partial charge >= 0.3 is 0 Å². The number of hydrogen-bond donors (Lipinski definition) is 4. The highest BCUT2D eigenvalue weighted by Crippen LogP contribution is 1.99. The molecule has 0 aliphatic heterocycles. The summed E-state index contributed by atoms with van der Waals surface area (Å²) in [6.07, 6.45) is -0.918. The van der Waals surface area contributed by atoms with Crippen molar-refractivity contribution >= 4 is 0 Å². The van der Waals surface area contributed by atoms with E-state index >= 15 is 0 Å². The second-order valence-electron chi connectivity index (χ2n) is 2.25. The third-order valence-electron chi connectivity index (χ3n) is 1.25. The van der Waals surface area contributed by atoms with E-state index in [9.17, 15) is 0 Å².